The van der Waals surface area contributed by atoms with E-state index in [0.29, 0.717) is 11.5 Å². The van der Waals surface area contributed by atoms with Gasteiger partial charge in [-0.1, -0.05) is 0 Å². The largest absolute Gasteiger partial charge is 0.496 e. The Morgan fingerprint density at radius 1 is 1.43 bits per heavy atom. The van der Waals surface area contributed by atoms with Crippen molar-refractivity contribution in [1.29, 1.82) is 0 Å². The predicted octanol–water partition coefficient (Wildman–Crippen LogP) is 1.44. The van der Waals surface area contributed by atoms with Crippen LogP contribution in [-0.4, -0.2) is 34.2 Å². The average Bonchev–Trinajstić information content (AvgIpc) is 2.98. The van der Waals surface area contributed by atoms with Gasteiger partial charge in [-0.2, -0.15) is 0 Å². The topological polar surface area (TPSA) is 116 Å². The molecule has 8 heteroatoms. The summed E-state index contributed by atoms with van der Waals surface area (Å²) in [6.07, 6.45) is 3.24. The number of hydrogen-bond acceptors (Lipinski definition) is 4. The second-order valence-corrected chi connectivity index (χ2v) is 4.06. The zero-order chi connectivity index (χ0) is 15.2. The van der Waals surface area contributed by atoms with Gasteiger partial charge in [-0.15, -0.1) is 0 Å². The molecular formula is C13H14N4O4. The molecule has 21 heavy (non-hydrogen) atoms. The molecule has 1 heterocycles. The maximum Gasteiger partial charge on any atom is 0.339 e. The molecule has 0 bridgehead atoms. The number of nitrogens with zero attached hydrogens (tertiary/aromatic N) is 1. The number of H-pyrrole nitrogens is 1. The second-order valence-electron chi connectivity index (χ2n) is 4.06. The number of imidazole rings is 1. The molecule has 0 unspecified atom stereocenters. The number of rotatable bonds is 5. The van der Waals surface area contributed by atoms with Gasteiger partial charge in [0.1, 0.15) is 17.1 Å². The molecule has 0 aliphatic heterocycles. The maximum absolute atomic E-state index is 11.7. The highest BCUT2D eigenvalue weighted by atomic mass is 16.5. The SMILES string of the molecule is COc1cc(NC(=O)NCc2ncc[nH]2)ccc1C(=O)O. The quantitative estimate of drug-likeness (QED) is 0.665. The minimum absolute atomic E-state index is 0.0269. The first-order valence-electron chi connectivity index (χ1n) is 6.04. The van der Waals surface area contributed by atoms with Crippen LogP contribution in [0.1, 0.15) is 16.2 Å². The number of aromatic nitrogens is 2. The zero-order valence-corrected chi connectivity index (χ0v) is 11.2. The van der Waals surface area contributed by atoms with Crippen molar-refractivity contribution in [2.24, 2.45) is 0 Å². The number of benzene rings is 1. The summed E-state index contributed by atoms with van der Waals surface area (Å²) in [7, 11) is 1.36. The molecule has 0 atom stereocenters. The Kier molecular flexibility index (Phi) is 4.39. The molecule has 8 nitrogen and oxygen atoms in total. The third-order valence-electron chi connectivity index (χ3n) is 2.66. The molecule has 0 radical (unpaired) electrons. The van der Waals surface area contributed by atoms with Crippen LogP contribution < -0.4 is 15.4 Å². The van der Waals surface area contributed by atoms with Crippen LogP contribution in [0.15, 0.2) is 30.6 Å². The molecule has 0 fully saturated rings. The summed E-state index contributed by atoms with van der Waals surface area (Å²) in [4.78, 5) is 29.5. The van der Waals surface area contributed by atoms with E-state index in [9.17, 15) is 9.59 Å². The molecule has 4 N–H and O–H groups in total. The summed E-state index contributed by atoms with van der Waals surface area (Å²) in [5.41, 5.74) is 0.452. The number of hydrogen-bond donors (Lipinski definition) is 4. The molecule has 1 aromatic heterocycles. The Hall–Kier alpha value is -3.03. The van der Waals surface area contributed by atoms with Crippen LogP contribution in [0.4, 0.5) is 10.5 Å². The molecule has 2 aromatic rings. The number of carbonyl (C=O) groups is 2. The van der Waals surface area contributed by atoms with E-state index in [1.54, 1.807) is 12.4 Å². The molecule has 0 spiro atoms. The lowest BCUT2D eigenvalue weighted by molar-refractivity contribution is 0.0693. The number of carboxylic acids is 1. The maximum atomic E-state index is 11.7. The minimum Gasteiger partial charge on any atom is -0.496 e. The van der Waals surface area contributed by atoms with Crippen molar-refractivity contribution >= 4 is 17.7 Å². The first-order valence-corrected chi connectivity index (χ1v) is 6.04. The highest BCUT2D eigenvalue weighted by molar-refractivity contribution is 5.94. The summed E-state index contributed by atoms with van der Waals surface area (Å²) in [6, 6.07) is 3.86. The van der Waals surface area contributed by atoms with Gasteiger partial charge in [0.2, 0.25) is 0 Å². The molecular weight excluding hydrogens is 276 g/mol. The number of carboxylic acid groups (broad SMARTS) is 1. The first-order chi connectivity index (χ1) is 10.1. The third kappa shape index (κ3) is 3.72. The number of methoxy groups -OCH3 is 1. The van der Waals surface area contributed by atoms with Crippen molar-refractivity contribution in [2.45, 2.75) is 6.54 Å². The van der Waals surface area contributed by atoms with Gasteiger partial charge >= 0.3 is 12.0 Å². The van der Waals surface area contributed by atoms with Crippen LogP contribution in [-0.2, 0) is 6.54 Å². The summed E-state index contributed by atoms with van der Waals surface area (Å²) >= 11 is 0. The summed E-state index contributed by atoms with van der Waals surface area (Å²) < 4.78 is 4.98. The van der Waals surface area contributed by atoms with E-state index in [4.69, 9.17) is 9.84 Å². The van der Waals surface area contributed by atoms with Crippen LogP contribution >= 0.6 is 0 Å². The van der Waals surface area contributed by atoms with Crippen LogP contribution in [0.3, 0.4) is 0 Å². The minimum atomic E-state index is -1.10. The van der Waals surface area contributed by atoms with Crippen molar-refractivity contribution in [1.82, 2.24) is 15.3 Å². The Balaban J connectivity index is 1.99. The number of aromatic amines is 1. The number of carbonyl (C=O) groups excluding carboxylic acids is 1. The van der Waals surface area contributed by atoms with Gasteiger partial charge in [-0.25, -0.2) is 14.6 Å². The van der Waals surface area contributed by atoms with Gasteiger partial charge in [0, 0.05) is 24.1 Å². The van der Waals surface area contributed by atoms with Crippen LogP contribution in [0.5, 0.6) is 5.75 Å². The predicted molar refractivity (Wildman–Crippen MR) is 74.4 cm³/mol. The van der Waals surface area contributed by atoms with Gasteiger partial charge in [0.15, 0.2) is 0 Å². The molecule has 0 saturated carbocycles. The average molecular weight is 290 g/mol. The Morgan fingerprint density at radius 2 is 2.24 bits per heavy atom. The molecule has 2 amide bonds. The smallest absolute Gasteiger partial charge is 0.339 e. The number of aromatic carboxylic acids is 1. The van der Waals surface area contributed by atoms with Crippen molar-refractivity contribution in [2.75, 3.05) is 12.4 Å². The monoisotopic (exact) mass is 290 g/mol. The molecule has 0 saturated heterocycles. The molecule has 110 valence electrons. The lowest BCUT2D eigenvalue weighted by Gasteiger charge is -2.10. The summed E-state index contributed by atoms with van der Waals surface area (Å²) in [5.74, 6) is -0.295. The normalized spacial score (nSPS) is 9.95. The van der Waals surface area contributed by atoms with Crippen LogP contribution in [0.2, 0.25) is 0 Å². The number of amides is 2. The summed E-state index contributed by atoms with van der Waals surface area (Å²) in [6.45, 7) is 0.253. The highest BCUT2D eigenvalue weighted by Gasteiger charge is 2.12. The van der Waals surface area contributed by atoms with Gasteiger partial charge in [0.25, 0.3) is 0 Å². The Labute approximate surface area is 120 Å². The van der Waals surface area contributed by atoms with Crippen molar-refractivity contribution in [3.05, 3.63) is 42.0 Å². The van der Waals surface area contributed by atoms with Crippen molar-refractivity contribution < 1.29 is 19.4 Å². The van der Waals surface area contributed by atoms with Gasteiger partial charge in [0.05, 0.1) is 13.7 Å². The first kappa shape index (κ1) is 14.4. The van der Waals surface area contributed by atoms with E-state index < -0.39 is 12.0 Å². The number of ether oxygens (including phenoxy) is 1. The van der Waals surface area contributed by atoms with Crippen LogP contribution in [0, 0.1) is 0 Å². The lowest BCUT2D eigenvalue weighted by Crippen LogP contribution is -2.28. The van der Waals surface area contributed by atoms with E-state index in [-0.39, 0.29) is 17.9 Å². The number of nitrogens with one attached hydrogen (secondary N) is 3. The van der Waals surface area contributed by atoms with Crippen molar-refractivity contribution in [3.8, 4) is 5.75 Å². The zero-order valence-electron chi connectivity index (χ0n) is 11.2. The van der Waals surface area contributed by atoms with Crippen LogP contribution in [0.25, 0.3) is 0 Å². The Bertz CT molecular complexity index is 640. The van der Waals surface area contributed by atoms with Gasteiger partial charge in [-0.05, 0) is 12.1 Å². The molecule has 0 aliphatic rings. The molecule has 1 aromatic carbocycles. The molecule has 2 rings (SSSR count). The fourth-order valence-corrected chi connectivity index (χ4v) is 1.68. The van der Waals surface area contributed by atoms with E-state index in [1.807, 2.05) is 0 Å². The van der Waals surface area contributed by atoms with Gasteiger partial charge < -0.3 is 25.5 Å². The third-order valence-corrected chi connectivity index (χ3v) is 2.66. The van der Waals surface area contributed by atoms with Crippen molar-refractivity contribution in [3.63, 3.8) is 0 Å². The second kappa shape index (κ2) is 6.42. The van der Waals surface area contributed by atoms with E-state index in [1.165, 1.54) is 25.3 Å². The Morgan fingerprint density at radius 3 is 2.86 bits per heavy atom. The van der Waals surface area contributed by atoms with Gasteiger partial charge in [-0.3, -0.25) is 0 Å². The highest BCUT2D eigenvalue weighted by Crippen LogP contribution is 2.23. The fraction of sp³-hybridized carbons (Fsp3) is 0.154. The number of anilines is 1. The lowest BCUT2D eigenvalue weighted by atomic mass is 10.2. The fourth-order valence-electron chi connectivity index (χ4n) is 1.68. The van der Waals surface area contributed by atoms with E-state index >= 15 is 0 Å². The summed E-state index contributed by atoms with van der Waals surface area (Å²) in [5, 5.41) is 14.2. The van der Waals surface area contributed by atoms with E-state index in [0.717, 1.165) is 0 Å². The standard InChI is InChI=1S/C13H14N4O4/c1-21-10-6-8(2-3-9(10)12(18)19)17-13(20)16-7-11-14-4-5-15-11/h2-6H,7H2,1H3,(H,14,15)(H,18,19)(H2,16,17,20). The number of urea groups is 1. The molecule has 0 aliphatic carbocycles. The van der Waals surface area contributed by atoms with E-state index in [2.05, 4.69) is 20.6 Å².